The Labute approximate surface area is 127 Å². The third-order valence-corrected chi connectivity index (χ3v) is 3.58. The van der Waals surface area contributed by atoms with Crippen LogP contribution in [0.2, 0.25) is 0 Å². The molecule has 0 saturated carbocycles. The van der Waals surface area contributed by atoms with Gasteiger partial charge >= 0.3 is 0 Å². The third kappa shape index (κ3) is 4.20. The van der Waals surface area contributed by atoms with Crippen LogP contribution >= 0.6 is 15.9 Å². The van der Waals surface area contributed by atoms with Crippen molar-refractivity contribution in [2.45, 2.75) is 19.3 Å². The van der Waals surface area contributed by atoms with Crippen molar-refractivity contribution in [1.82, 2.24) is 9.97 Å². The van der Waals surface area contributed by atoms with Gasteiger partial charge in [-0.2, -0.15) is 0 Å². The van der Waals surface area contributed by atoms with Gasteiger partial charge in [-0.1, -0.05) is 19.1 Å². The second-order valence-corrected chi connectivity index (χ2v) is 5.53. The number of hydrogen-bond donors (Lipinski definition) is 1. The predicted octanol–water partition coefficient (Wildman–Crippen LogP) is 3.85. The lowest BCUT2D eigenvalue weighted by Gasteiger charge is -2.13. The van der Waals surface area contributed by atoms with E-state index >= 15 is 0 Å². The van der Waals surface area contributed by atoms with Gasteiger partial charge in [0.15, 0.2) is 0 Å². The number of nitrogens with zero attached hydrogens (tertiary/aromatic N) is 2. The van der Waals surface area contributed by atoms with E-state index in [-0.39, 0.29) is 0 Å². The lowest BCUT2D eigenvalue weighted by molar-refractivity contribution is 0.414. The van der Waals surface area contributed by atoms with Crippen LogP contribution in [0.1, 0.15) is 24.8 Å². The molecule has 0 radical (unpaired) electrons. The number of benzene rings is 1. The fraction of sp³-hybridized carbons (Fsp3) is 0.333. The number of halogens is 1. The second kappa shape index (κ2) is 7.24. The molecule has 2 aromatic rings. The molecule has 5 heteroatoms. The average molecular weight is 336 g/mol. The third-order valence-electron chi connectivity index (χ3n) is 3.17. The zero-order valence-corrected chi connectivity index (χ0v) is 13.2. The molecule has 2 rings (SSSR count). The minimum atomic E-state index is 0.476. The lowest BCUT2D eigenvalue weighted by atomic mass is 9.98. The first-order chi connectivity index (χ1) is 9.69. The number of ether oxygens (including phenoxy) is 1. The average Bonchev–Trinajstić information content (AvgIpc) is 2.49. The van der Waals surface area contributed by atoms with Crippen LogP contribution in [0.4, 0.5) is 5.95 Å². The van der Waals surface area contributed by atoms with E-state index < -0.39 is 0 Å². The van der Waals surface area contributed by atoms with E-state index in [1.165, 1.54) is 5.56 Å². The fourth-order valence-corrected chi connectivity index (χ4v) is 2.11. The zero-order chi connectivity index (χ0) is 14.4. The van der Waals surface area contributed by atoms with Crippen LogP contribution in [-0.4, -0.2) is 23.6 Å². The molecule has 0 bridgehead atoms. The highest BCUT2D eigenvalue weighted by Crippen LogP contribution is 2.21. The van der Waals surface area contributed by atoms with Crippen molar-refractivity contribution >= 4 is 21.9 Å². The molecular weight excluding hydrogens is 318 g/mol. The quantitative estimate of drug-likeness (QED) is 0.870. The van der Waals surface area contributed by atoms with E-state index in [2.05, 4.69) is 50.3 Å². The maximum Gasteiger partial charge on any atom is 0.222 e. The molecule has 1 atom stereocenters. The van der Waals surface area contributed by atoms with Crippen LogP contribution in [0, 0.1) is 0 Å². The first-order valence-electron chi connectivity index (χ1n) is 6.54. The maximum absolute atomic E-state index is 5.16. The summed E-state index contributed by atoms with van der Waals surface area (Å²) in [5, 5.41) is 3.23. The summed E-state index contributed by atoms with van der Waals surface area (Å²) in [7, 11) is 1.68. The molecule has 0 aliphatic rings. The van der Waals surface area contributed by atoms with Crippen LogP contribution in [-0.2, 0) is 0 Å². The Kier molecular flexibility index (Phi) is 5.35. The molecule has 0 fully saturated rings. The van der Waals surface area contributed by atoms with Gasteiger partial charge < -0.3 is 10.1 Å². The molecule has 20 heavy (non-hydrogen) atoms. The Morgan fingerprint density at radius 1 is 1.20 bits per heavy atom. The van der Waals surface area contributed by atoms with E-state index in [1.807, 2.05) is 12.1 Å². The van der Waals surface area contributed by atoms with Crippen molar-refractivity contribution in [2.75, 3.05) is 19.0 Å². The smallest absolute Gasteiger partial charge is 0.222 e. The first-order valence-corrected chi connectivity index (χ1v) is 7.33. The molecule has 0 saturated heterocycles. The fourth-order valence-electron chi connectivity index (χ4n) is 1.90. The molecule has 0 amide bonds. The predicted molar refractivity (Wildman–Crippen MR) is 84.2 cm³/mol. The number of nitrogens with one attached hydrogen (secondary N) is 1. The molecule has 4 nitrogen and oxygen atoms in total. The van der Waals surface area contributed by atoms with Gasteiger partial charge in [-0.3, -0.25) is 0 Å². The van der Waals surface area contributed by atoms with Crippen LogP contribution < -0.4 is 10.1 Å². The monoisotopic (exact) mass is 335 g/mol. The Bertz CT molecular complexity index is 528. The summed E-state index contributed by atoms with van der Waals surface area (Å²) < 4.78 is 6.05. The molecule has 0 spiro atoms. The molecule has 0 aliphatic heterocycles. The molecule has 0 aliphatic carbocycles. The van der Waals surface area contributed by atoms with E-state index in [0.717, 1.165) is 23.2 Å². The van der Waals surface area contributed by atoms with Gasteiger partial charge in [0.1, 0.15) is 5.75 Å². The summed E-state index contributed by atoms with van der Waals surface area (Å²) >= 11 is 3.32. The summed E-state index contributed by atoms with van der Waals surface area (Å²) in [4.78, 5) is 8.37. The SMILES string of the molecule is COc1ccc(C(C)CCNc2ncc(Br)cn2)cc1. The minimum Gasteiger partial charge on any atom is -0.497 e. The van der Waals surface area contributed by atoms with Crippen LogP contribution in [0.3, 0.4) is 0 Å². The summed E-state index contributed by atoms with van der Waals surface area (Å²) in [6, 6.07) is 8.22. The summed E-state index contributed by atoms with van der Waals surface area (Å²) in [5.41, 5.74) is 1.31. The highest BCUT2D eigenvalue weighted by atomic mass is 79.9. The van der Waals surface area contributed by atoms with E-state index in [4.69, 9.17) is 4.74 Å². The van der Waals surface area contributed by atoms with Crippen LogP contribution in [0.5, 0.6) is 5.75 Å². The van der Waals surface area contributed by atoms with Gasteiger partial charge in [0, 0.05) is 18.9 Å². The molecule has 1 unspecified atom stereocenters. The Morgan fingerprint density at radius 3 is 2.45 bits per heavy atom. The van der Waals surface area contributed by atoms with E-state index in [9.17, 15) is 0 Å². The van der Waals surface area contributed by atoms with Crippen LogP contribution in [0.25, 0.3) is 0 Å². The van der Waals surface area contributed by atoms with E-state index in [0.29, 0.717) is 11.9 Å². The van der Waals surface area contributed by atoms with Crippen molar-refractivity contribution in [1.29, 1.82) is 0 Å². The van der Waals surface area contributed by atoms with Gasteiger partial charge in [0.05, 0.1) is 11.6 Å². The van der Waals surface area contributed by atoms with Gasteiger partial charge in [0.25, 0.3) is 0 Å². The minimum absolute atomic E-state index is 0.476. The summed E-state index contributed by atoms with van der Waals surface area (Å²) in [6.45, 7) is 3.06. The molecule has 106 valence electrons. The number of hydrogen-bond acceptors (Lipinski definition) is 4. The standard InChI is InChI=1S/C15H18BrN3O/c1-11(12-3-5-14(20-2)6-4-12)7-8-17-15-18-9-13(16)10-19-15/h3-6,9-11H,7-8H2,1-2H3,(H,17,18,19). The topological polar surface area (TPSA) is 47.0 Å². The highest BCUT2D eigenvalue weighted by Gasteiger charge is 2.06. The van der Waals surface area contributed by atoms with Crippen molar-refractivity contribution in [3.8, 4) is 5.75 Å². The number of anilines is 1. The van der Waals surface area contributed by atoms with Crippen molar-refractivity contribution in [3.63, 3.8) is 0 Å². The molecule has 1 heterocycles. The van der Waals surface area contributed by atoms with Gasteiger partial charge in [-0.15, -0.1) is 0 Å². The van der Waals surface area contributed by atoms with Crippen molar-refractivity contribution in [2.24, 2.45) is 0 Å². The second-order valence-electron chi connectivity index (χ2n) is 4.61. The van der Waals surface area contributed by atoms with Gasteiger partial charge in [-0.05, 0) is 46.0 Å². The molecular formula is C15H18BrN3O. The molecule has 1 aromatic carbocycles. The van der Waals surface area contributed by atoms with Gasteiger partial charge in [0.2, 0.25) is 5.95 Å². The summed E-state index contributed by atoms with van der Waals surface area (Å²) in [6.07, 6.45) is 4.50. The largest absolute Gasteiger partial charge is 0.497 e. The lowest BCUT2D eigenvalue weighted by Crippen LogP contribution is -2.08. The highest BCUT2D eigenvalue weighted by molar-refractivity contribution is 9.10. The Morgan fingerprint density at radius 2 is 1.85 bits per heavy atom. The maximum atomic E-state index is 5.16. The van der Waals surface area contributed by atoms with Crippen molar-refractivity contribution < 1.29 is 4.74 Å². The van der Waals surface area contributed by atoms with Crippen LogP contribution in [0.15, 0.2) is 41.1 Å². The number of rotatable bonds is 6. The summed E-state index contributed by atoms with van der Waals surface area (Å²) in [5.74, 6) is 2.03. The molecule has 1 aromatic heterocycles. The normalized spacial score (nSPS) is 11.9. The molecule has 1 N–H and O–H groups in total. The van der Waals surface area contributed by atoms with E-state index in [1.54, 1.807) is 19.5 Å². The zero-order valence-electron chi connectivity index (χ0n) is 11.6. The Balaban J connectivity index is 1.82. The first kappa shape index (κ1) is 14.8. The number of methoxy groups -OCH3 is 1. The number of aromatic nitrogens is 2. The Hall–Kier alpha value is -1.62. The van der Waals surface area contributed by atoms with Gasteiger partial charge in [-0.25, -0.2) is 9.97 Å². The van der Waals surface area contributed by atoms with Crippen molar-refractivity contribution in [3.05, 3.63) is 46.7 Å².